The van der Waals surface area contributed by atoms with Gasteiger partial charge in [-0.05, 0) is 38.3 Å². The van der Waals surface area contributed by atoms with Gasteiger partial charge in [0.1, 0.15) is 0 Å². The van der Waals surface area contributed by atoms with E-state index in [9.17, 15) is 9.59 Å². The lowest BCUT2D eigenvalue weighted by molar-refractivity contribution is -0.115. The van der Waals surface area contributed by atoms with E-state index in [1.807, 2.05) is 32.9 Å². The number of carbonyl (C=O) groups excluding carboxylic acids is 2. The molecule has 3 N–H and O–H groups in total. The second-order valence-electron chi connectivity index (χ2n) is 5.64. The molecule has 0 atom stereocenters. The van der Waals surface area contributed by atoms with Crippen LogP contribution in [-0.2, 0) is 4.79 Å². The fourth-order valence-corrected chi connectivity index (χ4v) is 2.36. The normalized spacial score (nSPS) is 10.2. The van der Waals surface area contributed by atoms with Crippen LogP contribution >= 0.6 is 0 Å². The third kappa shape index (κ3) is 6.16. The summed E-state index contributed by atoms with van der Waals surface area (Å²) in [5, 5.41) is 8.16. The molecule has 3 amide bonds. The van der Waals surface area contributed by atoms with Gasteiger partial charge >= 0.3 is 6.03 Å². The molecule has 122 valence electrons. The molecule has 0 heterocycles. The summed E-state index contributed by atoms with van der Waals surface area (Å²) in [5.41, 5.74) is 4.03. The Morgan fingerprint density at radius 3 is 2.23 bits per heavy atom. The highest BCUT2D eigenvalue weighted by molar-refractivity contribution is 5.95. The molecule has 0 saturated heterocycles. The predicted octanol–water partition coefficient (Wildman–Crippen LogP) is 3.04. The summed E-state index contributed by atoms with van der Waals surface area (Å²) in [7, 11) is 0. The maximum Gasteiger partial charge on any atom is 0.315 e. The summed E-state index contributed by atoms with van der Waals surface area (Å²) >= 11 is 0. The van der Waals surface area contributed by atoms with Crippen molar-refractivity contribution in [3.05, 3.63) is 28.8 Å². The van der Waals surface area contributed by atoms with E-state index in [0.717, 1.165) is 41.6 Å². The van der Waals surface area contributed by atoms with Gasteiger partial charge in [-0.25, -0.2) is 4.79 Å². The molecule has 0 radical (unpaired) electrons. The average molecular weight is 305 g/mol. The minimum atomic E-state index is -0.302. The number of anilines is 1. The van der Waals surface area contributed by atoms with Crippen LogP contribution in [0.25, 0.3) is 0 Å². The predicted molar refractivity (Wildman–Crippen MR) is 90.2 cm³/mol. The van der Waals surface area contributed by atoms with E-state index in [0.29, 0.717) is 6.54 Å². The van der Waals surface area contributed by atoms with Crippen molar-refractivity contribution >= 4 is 17.6 Å². The molecule has 0 unspecified atom stereocenters. The van der Waals surface area contributed by atoms with Crippen molar-refractivity contribution in [3.8, 4) is 0 Å². The number of amides is 3. The quantitative estimate of drug-likeness (QED) is 0.678. The van der Waals surface area contributed by atoms with E-state index >= 15 is 0 Å². The SMILES string of the molecule is CCCCCNC(=O)NCC(=O)Nc1c(C)cc(C)cc1C. The number of aryl methyl sites for hydroxylation is 3. The Morgan fingerprint density at radius 2 is 1.64 bits per heavy atom. The van der Waals surface area contributed by atoms with Gasteiger partial charge in [0.05, 0.1) is 6.54 Å². The number of hydrogen-bond donors (Lipinski definition) is 3. The van der Waals surface area contributed by atoms with Crippen molar-refractivity contribution in [1.82, 2.24) is 10.6 Å². The maximum atomic E-state index is 11.9. The molecule has 0 spiro atoms. The average Bonchev–Trinajstić information content (AvgIpc) is 2.45. The van der Waals surface area contributed by atoms with E-state index in [1.165, 1.54) is 0 Å². The highest BCUT2D eigenvalue weighted by Gasteiger charge is 2.09. The Labute approximate surface area is 132 Å². The maximum absolute atomic E-state index is 11.9. The molecule has 0 aromatic heterocycles. The highest BCUT2D eigenvalue weighted by Crippen LogP contribution is 2.21. The molecule has 1 aromatic rings. The van der Waals surface area contributed by atoms with E-state index in [2.05, 4.69) is 22.9 Å². The zero-order valence-electron chi connectivity index (χ0n) is 14.0. The van der Waals surface area contributed by atoms with E-state index in [-0.39, 0.29) is 18.5 Å². The first-order valence-electron chi connectivity index (χ1n) is 7.83. The highest BCUT2D eigenvalue weighted by atomic mass is 16.2. The third-order valence-electron chi connectivity index (χ3n) is 3.42. The first-order valence-corrected chi connectivity index (χ1v) is 7.83. The Morgan fingerprint density at radius 1 is 1.00 bits per heavy atom. The molecule has 22 heavy (non-hydrogen) atoms. The number of unbranched alkanes of at least 4 members (excludes halogenated alkanes) is 2. The number of benzene rings is 1. The van der Waals surface area contributed by atoms with Crippen molar-refractivity contribution < 1.29 is 9.59 Å². The van der Waals surface area contributed by atoms with Gasteiger partial charge in [0.25, 0.3) is 0 Å². The minimum absolute atomic E-state index is 0.0353. The molecule has 5 heteroatoms. The van der Waals surface area contributed by atoms with Crippen molar-refractivity contribution in [1.29, 1.82) is 0 Å². The first-order chi connectivity index (χ1) is 10.4. The topological polar surface area (TPSA) is 70.2 Å². The fourth-order valence-electron chi connectivity index (χ4n) is 2.36. The van der Waals surface area contributed by atoms with Crippen LogP contribution in [0.4, 0.5) is 10.5 Å². The molecule has 0 saturated carbocycles. The van der Waals surface area contributed by atoms with Crippen molar-refractivity contribution in [2.24, 2.45) is 0 Å². The molecule has 0 aliphatic heterocycles. The first kappa shape index (κ1) is 18.0. The van der Waals surface area contributed by atoms with Crippen molar-refractivity contribution in [3.63, 3.8) is 0 Å². The standard InChI is InChI=1S/C17H27N3O2/c1-5-6-7-8-18-17(22)19-11-15(21)20-16-13(3)9-12(2)10-14(16)4/h9-10H,5-8,11H2,1-4H3,(H,20,21)(H2,18,19,22). The second kappa shape index (κ2) is 9.07. The monoisotopic (exact) mass is 305 g/mol. The zero-order chi connectivity index (χ0) is 16.5. The second-order valence-corrected chi connectivity index (χ2v) is 5.64. The van der Waals surface area contributed by atoms with Gasteiger partial charge < -0.3 is 16.0 Å². The van der Waals surface area contributed by atoms with Crippen molar-refractivity contribution in [2.75, 3.05) is 18.4 Å². The Hall–Kier alpha value is -2.04. The largest absolute Gasteiger partial charge is 0.338 e. The molecular weight excluding hydrogens is 278 g/mol. The lowest BCUT2D eigenvalue weighted by Crippen LogP contribution is -2.40. The van der Waals surface area contributed by atoms with Gasteiger partial charge in [0.2, 0.25) is 5.91 Å². The molecular formula is C17H27N3O2. The van der Waals surface area contributed by atoms with Crippen LogP contribution in [0, 0.1) is 20.8 Å². The number of hydrogen-bond acceptors (Lipinski definition) is 2. The van der Waals surface area contributed by atoms with Crippen LogP contribution in [0.3, 0.4) is 0 Å². The molecule has 0 bridgehead atoms. The zero-order valence-corrected chi connectivity index (χ0v) is 14.0. The van der Waals surface area contributed by atoms with Gasteiger partial charge in [-0.1, -0.05) is 37.5 Å². The lowest BCUT2D eigenvalue weighted by atomic mass is 10.1. The number of rotatable bonds is 7. The van der Waals surface area contributed by atoms with E-state index in [1.54, 1.807) is 0 Å². The lowest BCUT2D eigenvalue weighted by Gasteiger charge is -2.13. The van der Waals surface area contributed by atoms with Crippen LogP contribution in [-0.4, -0.2) is 25.0 Å². The van der Waals surface area contributed by atoms with E-state index < -0.39 is 0 Å². The summed E-state index contributed by atoms with van der Waals surface area (Å²) < 4.78 is 0. The smallest absolute Gasteiger partial charge is 0.315 e. The van der Waals surface area contributed by atoms with Crippen LogP contribution in [0.1, 0.15) is 42.9 Å². The Balaban J connectivity index is 2.39. The van der Waals surface area contributed by atoms with Gasteiger partial charge in [0, 0.05) is 12.2 Å². The number of urea groups is 1. The van der Waals surface area contributed by atoms with Gasteiger partial charge in [-0.2, -0.15) is 0 Å². The summed E-state index contributed by atoms with van der Waals surface area (Å²) in [4.78, 5) is 23.5. The molecule has 1 rings (SSSR count). The minimum Gasteiger partial charge on any atom is -0.338 e. The summed E-state index contributed by atoms with van der Waals surface area (Å²) in [5.74, 6) is -0.223. The molecule has 1 aromatic carbocycles. The Kier molecular flexibility index (Phi) is 7.43. The van der Waals surface area contributed by atoms with Crippen LogP contribution in [0.15, 0.2) is 12.1 Å². The van der Waals surface area contributed by atoms with Crippen LogP contribution < -0.4 is 16.0 Å². The number of carbonyl (C=O) groups is 2. The Bertz CT molecular complexity index is 504. The summed E-state index contributed by atoms with van der Waals surface area (Å²) in [6.45, 7) is 8.66. The van der Waals surface area contributed by atoms with Gasteiger partial charge in [-0.3, -0.25) is 4.79 Å². The van der Waals surface area contributed by atoms with Crippen LogP contribution in [0.2, 0.25) is 0 Å². The summed E-state index contributed by atoms with van der Waals surface area (Å²) in [6.07, 6.45) is 3.16. The van der Waals surface area contributed by atoms with Crippen LogP contribution in [0.5, 0.6) is 0 Å². The van der Waals surface area contributed by atoms with E-state index in [4.69, 9.17) is 0 Å². The third-order valence-corrected chi connectivity index (χ3v) is 3.42. The molecule has 0 aliphatic carbocycles. The molecule has 0 fully saturated rings. The molecule has 5 nitrogen and oxygen atoms in total. The van der Waals surface area contributed by atoms with Gasteiger partial charge in [-0.15, -0.1) is 0 Å². The van der Waals surface area contributed by atoms with Crippen molar-refractivity contribution in [2.45, 2.75) is 47.0 Å². The fraction of sp³-hybridized carbons (Fsp3) is 0.529. The van der Waals surface area contributed by atoms with Gasteiger partial charge in [0.15, 0.2) is 0 Å². The summed E-state index contributed by atoms with van der Waals surface area (Å²) in [6, 6.07) is 3.75. The number of nitrogens with one attached hydrogen (secondary N) is 3. The molecule has 0 aliphatic rings.